The Balaban J connectivity index is 1.87. The number of nitrogens with zero attached hydrogens (tertiary/aromatic N) is 1. The summed E-state index contributed by atoms with van der Waals surface area (Å²) in [7, 11) is 0. The number of anilines is 1. The van der Waals surface area contributed by atoms with Crippen LogP contribution in [0.4, 0.5) is 5.69 Å². The molecule has 1 aliphatic rings. The topological polar surface area (TPSA) is 53.1 Å². The van der Waals surface area contributed by atoms with Crippen LogP contribution in [0.3, 0.4) is 0 Å². The van der Waals surface area contributed by atoms with Crippen LogP contribution in [0.1, 0.15) is 51.5 Å². The highest BCUT2D eigenvalue weighted by Gasteiger charge is 2.21. The third-order valence-corrected chi connectivity index (χ3v) is 4.67. The van der Waals surface area contributed by atoms with E-state index in [9.17, 15) is 0 Å². The number of fused-ring (bicyclic) bond motifs is 1. The predicted molar refractivity (Wildman–Crippen MR) is 91.1 cm³/mol. The summed E-state index contributed by atoms with van der Waals surface area (Å²) in [6.07, 6.45) is 7.09. The van der Waals surface area contributed by atoms with Crippen molar-refractivity contribution < 1.29 is 0 Å². The van der Waals surface area contributed by atoms with Gasteiger partial charge in [0.15, 0.2) is 0 Å². The van der Waals surface area contributed by atoms with E-state index in [-0.39, 0.29) is 5.41 Å². The number of hydrogen-bond donors (Lipinski definition) is 2. The Morgan fingerprint density at radius 2 is 2.00 bits per heavy atom. The predicted octanol–water partition coefficient (Wildman–Crippen LogP) is 3.96. The van der Waals surface area contributed by atoms with E-state index in [4.69, 9.17) is 11.1 Å². The molecule has 0 spiro atoms. The summed E-state index contributed by atoms with van der Waals surface area (Å²) < 4.78 is 0. The quantitative estimate of drug-likeness (QED) is 0.472. The number of para-hydroxylation sites is 1. The van der Waals surface area contributed by atoms with Crippen LogP contribution >= 0.6 is 0 Å². The highest BCUT2D eigenvalue weighted by atomic mass is 15.1. The largest absolute Gasteiger partial charge is 0.387 e. The van der Waals surface area contributed by atoms with Crippen LogP contribution in [0.25, 0.3) is 0 Å². The standard InChI is InChI=1S/C18H29N3/c1-18(2,17(19)20)12-6-8-14-21-13-7-5-10-15-9-3-4-11-16(15)21/h3-4,9,11H,5-8,10,12-14H2,1-2H3,(H3,19,20). The monoisotopic (exact) mass is 287 g/mol. The molecule has 0 saturated heterocycles. The first-order valence-electron chi connectivity index (χ1n) is 8.18. The third-order valence-electron chi connectivity index (χ3n) is 4.67. The van der Waals surface area contributed by atoms with E-state index in [0.29, 0.717) is 5.84 Å². The molecular weight excluding hydrogens is 258 g/mol. The number of hydrogen-bond acceptors (Lipinski definition) is 2. The van der Waals surface area contributed by atoms with Gasteiger partial charge in [0.25, 0.3) is 0 Å². The first-order chi connectivity index (χ1) is 10.0. The van der Waals surface area contributed by atoms with Crippen molar-refractivity contribution in [3.8, 4) is 0 Å². The maximum Gasteiger partial charge on any atom is 0.0963 e. The number of amidine groups is 1. The zero-order chi connectivity index (χ0) is 15.3. The Labute approximate surface area is 129 Å². The van der Waals surface area contributed by atoms with Gasteiger partial charge in [0.2, 0.25) is 0 Å². The summed E-state index contributed by atoms with van der Waals surface area (Å²) in [6.45, 7) is 6.42. The van der Waals surface area contributed by atoms with E-state index >= 15 is 0 Å². The number of rotatable bonds is 6. The molecule has 3 nitrogen and oxygen atoms in total. The lowest BCUT2D eigenvalue weighted by atomic mass is 9.86. The van der Waals surface area contributed by atoms with Gasteiger partial charge in [-0.2, -0.15) is 0 Å². The van der Waals surface area contributed by atoms with Crippen molar-refractivity contribution in [1.29, 1.82) is 5.41 Å². The van der Waals surface area contributed by atoms with Gasteiger partial charge in [0.1, 0.15) is 0 Å². The van der Waals surface area contributed by atoms with E-state index in [1.165, 1.54) is 43.5 Å². The first kappa shape index (κ1) is 15.9. The minimum Gasteiger partial charge on any atom is -0.387 e. The molecule has 0 unspecified atom stereocenters. The van der Waals surface area contributed by atoms with Crippen LogP contribution in [0.15, 0.2) is 24.3 Å². The highest BCUT2D eigenvalue weighted by molar-refractivity contribution is 5.82. The Bertz CT molecular complexity index is 479. The molecular formula is C18H29N3. The van der Waals surface area contributed by atoms with E-state index in [1.807, 2.05) is 0 Å². The second-order valence-corrected chi connectivity index (χ2v) is 6.83. The molecule has 3 heteroatoms. The molecule has 1 aromatic carbocycles. The lowest BCUT2D eigenvalue weighted by molar-refractivity contribution is 0.441. The Morgan fingerprint density at radius 3 is 2.76 bits per heavy atom. The van der Waals surface area contributed by atoms with Crippen molar-refractivity contribution in [3.63, 3.8) is 0 Å². The summed E-state index contributed by atoms with van der Waals surface area (Å²) in [6, 6.07) is 8.83. The number of unbranched alkanes of at least 4 members (excludes halogenated alkanes) is 1. The van der Waals surface area contributed by atoms with E-state index < -0.39 is 0 Å². The van der Waals surface area contributed by atoms with Crippen molar-refractivity contribution in [2.75, 3.05) is 18.0 Å². The van der Waals surface area contributed by atoms with Crippen molar-refractivity contribution in [2.45, 2.75) is 52.4 Å². The van der Waals surface area contributed by atoms with Crippen molar-refractivity contribution in [3.05, 3.63) is 29.8 Å². The summed E-state index contributed by atoms with van der Waals surface area (Å²) in [5.41, 5.74) is 8.43. The second kappa shape index (κ2) is 6.97. The molecule has 21 heavy (non-hydrogen) atoms. The summed E-state index contributed by atoms with van der Waals surface area (Å²) >= 11 is 0. The van der Waals surface area contributed by atoms with E-state index in [1.54, 1.807) is 0 Å². The molecule has 0 radical (unpaired) electrons. The Hall–Kier alpha value is -1.51. The number of benzene rings is 1. The van der Waals surface area contributed by atoms with Gasteiger partial charge in [0.05, 0.1) is 5.84 Å². The molecule has 3 N–H and O–H groups in total. The fraction of sp³-hybridized carbons (Fsp3) is 0.611. The molecule has 0 amide bonds. The molecule has 116 valence electrons. The first-order valence-corrected chi connectivity index (χ1v) is 8.18. The normalized spacial score (nSPS) is 15.4. The lowest BCUT2D eigenvalue weighted by Crippen LogP contribution is -2.31. The fourth-order valence-corrected chi connectivity index (χ4v) is 3.01. The molecule has 1 aromatic rings. The Morgan fingerprint density at radius 1 is 1.24 bits per heavy atom. The minimum atomic E-state index is -0.156. The zero-order valence-electron chi connectivity index (χ0n) is 13.5. The van der Waals surface area contributed by atoms with E-state index in [2.05, 4.69) is 43.0 Å². The lowest BCUT2D eigenvalue weighted by Gasteiger charge is -2.26. The molecule has 0 fully saturated rings. The van der Waals surface area contributed by atoms with Gasteiger partial charge >= 0.3 is 0 Å². The number of nitrogens with two attached hydrogens (primary N) is 1. The van der Waals surface area contributed by atoms with Crippen LogP contribution < -0.4 is 10.6 Å². The van der Waals surface area contributed by atoms with Gasteiger partial charge < -0.3 is 10.6 Å². The Kier molecular flexibility index (Phi) is 5.27. The average Bonchev–Trinajstić information content (AvgIpc) is 2.66. The van der Waals surface area contributed by atoms with Gasteiger partial charge in [-0.15, -0.1) is 0 Å². The van der Waals surface area contributed by atoms with Crippen LogP contribution in [0.5, 0.6) is 0 Å². The molecule has 0 aromatic heterocycles. The van der Waals surface area contributed by atoms with Gasteiger partial charge in [0, 0.05) is 24.2 Å². The van der Waals surface area contributed by atoms with Crippen LogP contribution in [-0.4, -0.2) is 18.9 Å². The van der Waals surface area contributed by atoms with Crippen LogP contribution in [0, 0.1) is 10.8 Å². The molecule has 1 heterocycles. The SMILES string of the molecule is CC(C)(CCCCN1CCCCc2ccccc21)C(=N)N. The summed E-state index contributed by atoms with van der Waals surface area (Å²) in [4.78, 5) is 2.54. The maximum atomic E-state index is 7.62. The third kappa shape index (κ3) is 4.23. The molecule has 0 aliphatic carbocycles. The molecule has 1 aliphatic heterocycles. The molecule has 0 atom stereocenters. The van der Waals surface area contributed by atoms with Gasteiger partial charge in [-0.1, -0.05) is 38.5 Å². The fourth-order valence-electron chi connectivity index (χ4n) is 3.01. The minimum absolute atomic E-state index is 0.156. The summed E-state index contributed by atoms with van der Waals surface area (Å²) in [5.74, 6) is 0.308. The van der Waals surface area contributed by atoms with Gasteiger partial charge in [-0.25, -0.2) is 0 Å². The highest BCUT2D eigenvalue weighted by Crippen LogP contribution is 2.27. The molecule has 0 bridgehead atoms. The molecule has 2 rings (SSSR count). The van der Waals surface area contributed by atoms with Gasteiger partial charge in [-0.3, -0.25) is 5.41 Å². The number of aryl methyl sites for hydroxylation is 1. The zero-order valence-corrected chi connectivity index (χ0v) is 13.5. The second-order valence-electron chi connectivity index (χ2n) is 6.83. The van der Waals surface area contributed by atoms with Gasteiger partial charge in [-0.05, 0) is 43.7 Å². The van der Waals surface area contributed by atoms with E-state index in [0.717, 1.165) is 19.4 Å². The van der Waals surface area contributed by atoms with Crippen molar-refractivity contribution >= 4 is 11.5 Å². The smallest absolute Gasteiger partial charge is 0.0963 e. The van der Waals surface area contributed by atoms with Crippen molar-refractivity contribution in [2.24, 2.45) is 11.1 Å². The van der Waals surface area contributed by atoms with Crippen LogP contribution in [0.2, 0.25) is 0 Å². The number of nitrogens with one attached hydrogen (secondary N) is 1. The average molecular weight is 287 g/mol. The summed E-state index contributed by atoms with van der Waals surface area (Å²) in [5, 5.41) is 7.62. The maximum absolute atomic E-state index is 7.62. The van der Waals surface area contributed by atoms with Crippen LogP contribution in [-0.2, 0) is 6.42 Å². The molecule has 0 saturated carbocycles. The van der Waals surface area contributed by atoms with Crippen molar-refractivity contribution in [1.82, 2.24) is 0 Å².